The van der Waals surface area contributed by atoms with Gasteiger partial charge in [-0.05, 0) is 49.2 Å². The highest BCUT2D eigenvalue weighted by atomic mass is 19.1. The minimum atomic E-state index is -0.247. The first-order valence-corrected chi connectivity index (χ1v) is 6.56. The highest BCUT2D eigenvalue weighted by Gasteiger charge is 2.16. The van der Waals surface area contributed by atoms with Gasteiger partial charge < -0.3 is 14.8 Å². The van der Waals surface area contributed by atoms with E-state index in [4.69, 9.17) is 9.47 Å². The molecule has 1 aliphatic rings. The summed E-state index contributed by atoms with van der Waals surface area (Å²) in [4.78, 5) is 0. The number of benzene rings is 2. The van der Waals surface area contributed by atoms with Gasteiger partial charge in [0.15, 0.2) is 11.5 Å². The molecule has 4 heteroatoms. The number of hydrogen-bond acceptors (Lipinski definition) is 3. The zero-order valence-electron chi connectivity index (χ0n) is 11.4. The Labute approximate surface area is 117 Å². The van der Waals surface area contributed by atoms with Crippen molar-refractivity contribution in [2.24, 2.45) is 0 Å². The maximum atomic E-state index is 13.8. The van der Waals surface area contributed by atoms with Crippen LogP contribution >= 0.6 is 0 Å². The predicted octanol–water partition coefficient (Wildman–Crippen LogP) is 4.04. The first-order valence-electron chi connectivity index (χ1n) is 6.56. The molecule has 0 spiro atoms. The average molecular weight is 273 g/mol. The van der Waals surface area contributed by atoms with Crippen molar-refractivity contribution in [3.05, 3.63) is 53.3 Å². The van der Waals surface area contributed by atoms with Gasteiger partial charge in [-0.25, -0.2) is 4.39 Å². The standard InChI is InChI=1S/C16H16FNO2/c1-10-3-5-13(17)14(7-10)18-11(2)12-4-6-15-16(8-12)20-9-19-15/h3-8,11,18H,9H2,1-2H3. The zero-order chi connectivity index (χ0) is 14.1. The smallest absolute Gasteiger partial charge is 0.231 e. The molecule has 1 N–H and O–H groups in total. The summed E-state index contributed by atoms with van der Waals surface area (Å²) in [5, 5.41) is 3.19. The van der Waals surface area contributed by atoms with Gasteiger partial charge >= 0.3 is 0 Å². The molecule has 2 aromatic rings. The number of ether oxygens (including phenoxy) is 2. The molecule has 3 nitrogen and oxygen atoms in total. The van der Waals surface area contributed by atoms with Crippen molar-refractivity contribution in [1.82, 2.24) is 0 Å². The van der Waals surface area contributed by atoms with Crippen LogP contribution in [-0.2, 0) is 0 Å². The lowest BCUT2D eigenvalue weighted by molar-refractivity contribution is 0.174. The Morgan fingerprint density at radius 3 is 2.75 bits per heavy atom. The average Bonchev–Trinajstić information content (AvgIpc) is 2.90. The fourth-order valence-corrected chi connectivity index (χ4v) is 2.25. The lowest BCUT2D eigenvalue weighted by Crippen LogP contribution is -2.08. The summed E-state index contributed by atoms with van der Waals surface area (Å²) in [5.74, 6) is 1.24. The van der Waals surface area contributed by atoms with Crippen molar-refractivity contribution in [3.63, 3.8) is 0 Å². The SMILES string of the molecule is Cc1ccc(F)c(NC(C)c2ccc3c(c2)OCO3)c1. The molecule has 104 valence electrons. The van der Waals surface area contributed by atoms with E-state index in [1.807, 2.05) is 32.0 Å². The van der Waals surface area contributed by atoms with Crippen LogP contribution in [0.3, 0.4) is 0 Å². The Morgan fingerprint density at radius 1 is 1.10 bits per heavy atom. The Hall–Kier alpha value is -2.23. The Morgan fingerprint density at radius 2 is 1.90 bits per heavy atom. The van der Waals surface area contributed by atoms with Gasteiger partial charge in [-0.1, -0.05) is 12.1 Å². The Bertz CT molecular complexity index is 642. The van der Waals surface area contributed by atoms with Crippen LogP contribution in [-0.4, -0.2) is 6.79 Å². The van der Waals surface area contributed by atoms with E-state index in [2.05, 4.69) is 5.32 Å². The largest absolute Gasteiger partial charge is 0.454 e. The number of fused-ring (bicyclic) bond motifs is 1. The van der Waals surface area contributed by atoms with E-state index in [9.17, 15) is 4.39 Å². The number of aryl methyl sites for hydroxylation is 1. The normalized spacial score (nSPS) is 14.2. The van der Waals surface area contributed by atoms with E-state index in [1.165, 1.54) is 6.07 Å². The summed E-state index contributed by atoms with van der Waals surface area (Å²) in [6.45, 7) is 4.18. The maximum Gasteiger partial charge on any atom is 0.231 e. The van der Waals surface area contributed by atoms with Gasteiger partial charge in [0.25, 0.3) is 0 Å². The van der Waals surface area contributed by atoms with Gasteiger partial charge in [0, 0.05) is 6.04 Å². The Kier molecular flexibility index (Phi) is 3.22. The molecule has 2 aromatic carbocycles. The summed E-state index contributed by atoms with van der Waals surface area (Å²) in [7, 11) is 0. The second-order valence-corrected chi connectivity index (χ2v) is 4.96. The minimum absolute atomic E-state index is 0.0270. The van der Waals surface area contributed by atoms with E-state index in [1.54, 1.807) is 12.1 Å². The van der Waals surface area contributed by atoms with Crippen molar-refractivity contribution in [2.75, 3.05) is 12.1 Å². The summed E-state index contributed by atoms with van der Waals surface area (Å²) in [6.07, 6.45) is 0. The van der Waals surface area contributed by atoms with Gasteiger partial charge in [-0.15, -0.1) is 0 Å². The van der Waals surface area contributed by atoms with Crippen LogP contribution in [0.5, 0.6) is 11.5 Å². The fourth-order valence-electron chi connectivity index (χ4n) is 2.25. The quantitative estimate of drug-likeness (QED) is 0.915. The third-order valence-electron chi connectivity index (χ3n) is 3.39. The van der Waals surface area contributed by atoms with Crippen LogP contribution in [0.25, 0.3) is 0 Å². The van der Waals surface area contributed by atoms with Gasteiger partial charge in [0.2, 0.25) is 6.79 Å². The molecule has 0 aromatic heterocycles. The summed E-state index contributed by atoms with van der Waals surface area (Å²) >= 11 is 0. The summed E-state index contributed by atoms with van der Waals surface area (Å²) in [5.41, 5.74) is 2.55. The molecule has 1 unspecified atom stereocenters. The molecular weight excluding hydrogens is 257 g/mol. The number of anilines is 1. The third kappa shape index (κ3) is 2.41. The van der Waals surface area contributed by atoms with Crippen LogP contribution in [0.15, 0.2) is 36.4 Å². The van der Waals surface area contributed by atoms with Crippen molar-refractivity contribution >= 4 is 5.69 Å². The number of rotatable bonds is 3. The lowest BCUT2D eigenvalue weighted by atomic mass is 10.1. The molecule has 1 heterocycles. The first kappa shape index (κ1) is 12.8. The fraction of sp³-hybridized carbons (Fsp3) is 0.250. The highest BCUT2D eigenvalue weighted by molar-refractivity contribution is 5.51. The van der Waals surface area contributed by atoms with Crippen molar-refractivity contribution in [1.29, 1.82) is 0 Å². The second-order valence-electron chi connectivity index (χ2n) is 4.96. The lowest BCUT2D eigenvalue weighted by Gasteiger charge is -2.17. The predicted molar refractivity (Wildman–Crippen MR) is 75.7 cm³/mol. The van der Waals surface area contributed by atoms with E-state index in [-0.39, 0.29) is 18.7 Å². The molecule has 1 atom stereocenters. The minimum Gasteiger partial charge on any atom is -0.454 e. The molecule has 0 aliphatic carbocycles. The van der Waals surface area contributed by atoms with E-state index >= 15 is 0 Å². The molecule has 0 saturated heterocycles. The third-order valence-corrected chi connectivity index (χ3v) is 3.39. The van der Waals surface area contributed by atoms with Crippen LogP contribution < -0.4 is 14.8 Å². The van der Waals surface area contributed by atoms with E-state index in [0.29, 0.717) is 5.69 Å². The van der Waals surface area contributed by atoms with E-state index < -0.39 is 0 Å². The molecule has 0 radical (unpaired) electrons. The van der Waals surface area contributed by atoms with Crippen LogP contribution in [0.4, 0.5) is 10.1 Å². The van der Waals surface area contributed by atoms with Crippen LogP contribution in [0.2, 0.25) is 0 Å². The molecule has 0 amide bonds. The molecule has 0 fully saturated rings. The number of hydrogen-bond donors (Lipinski definition) is 1. The Balaban J connectivity index is 1.82. The molecular formula is C16H16FNO2. The maximum absolute atomic E-state index is 13.8. The topological polar surface area (TPSA) is 30.5 Å². The molecule has 0 saturated carbocycles. The first-order chi connectivity index (χ1) is 9.63. The van der Waals surface area contributed by atoms with Crippen molar-refractivity contribution < 1.29 is 13.9 Å². The van der Waals surface area contributed by atoms with Gasteiger partial charge in [0.1, 0.15) is 5.82 Å². The monoisotopic (exact) mass is 273 g/mol. The van der Waals surface area contributed by atoms with E-state index in [0.717, 1.165) is 22.6 Å². The van der Waals surface area contributed by atoms with Crippen molar-refractivity contribution in [3.8, 4) is 11.5 Å². The molecule has 20 heavy (non-hydrogen) atoms. The summed E-state index contributed by atoms with van der Waals surface area (Å²) in [6, 6.07) is 10.8. The van der Waals surface area contributed by atoms with Gasteiger partial charge in [-0.2, -0.15) is 0 Å². The second kappa shape index (κ2) is 5.04. The molecule has 1 aliphatic heterocycles. The van der Waals surface area contributed by atoms with Gasteiger partial charge in [0.05, 0.1) is 5.69 Å². The highest BCUT2D eigenvalue weighted by Crippen LogP contribution is 2.35. The van der Waals surface area contributed by atoms with Crippen LogP contribution in [0, 0.1) is 12.7 Å². The van der Waals surface area contributed by atoms with Gasteiger partial charge in [-0.3, -0.25) is 0 Å². The van der Waals surface area contributed by atoms with Crippen molar-refractivity contribution in [2.45, 2.75) is 19.9 Å². The van der Waals surface area contributed by atoms with Crippen LogP contribution in [0.1, 0.15) is 24.1 Å². The summed E-state index contributed by atoms with van der Waals surface area (Å²) < 4.78 is 24.4. The molecule has 3 rings (SSSR count). The zero-order valence-corrected chi connectivity index (χ0v) is 11.4. The molecule has 0 bridgehead atoms. The number of nitrogens with one attached hydrogen (secondary N) is 1. The number of halogens is 1.